The van der Waals surface area contributed by atoms with E-state index in [0.717, 1.165) is 22.4 Å². The molecule has 5 heteroatoms. The molecule has 0 spiro atoms. The molecule has 156 valence electrons. The van der Waals surface area contributed by atoms with E-state index in [2.05, 4.69) is 16.7 Å². The molecule has 0 bridgehead atoms. The zero-order valence-corrected chi connectivity index (χ0v) is 18.0. The Morgan fingerprint density at radius 3 is 2.45 bits per heavy atom. The number of hydrogen-bond acceptors (Lipinski definition) is 3. The van der Waals surface area contributed by atoms with Crippen LogP contribution in [0.5, 0.6) is 5.75 Å². The van der Waals surface area contributed by atoms with Crippen molar-refractivity contribution in [1.29, 1.82) is 0 Å². The molecule has 2 N–H and O–H groups in total. The SMILES string of the molecule is COc1ccc(C)cc1CCNC(=O)C(CC(C)C)NC(=O)c1ccccc1C. The molecule has 2 aromatic carbocycles. The van der Waals surface area contributed by atoms with Crippen molar-refractivity contribution in [3.63, 3.8) is 0 Å². The summed E-state index contributed by atoms with van der Waals surface area (Å²) < 4.78 is 5.40. The van der Waals surface area contributed by atoms with E-state index in [1.54, 1.807) is 13.2 Å². The molecule has 29 heavy (non-hydrogen) atoms. The molecule has 2 rings (SSSR count). The molecule has 0 aliphatic rings. The predicted octanol–water partition coefficient (Wildman–Crippen LogP) is 3.82. The molecule has 0 radical (unpaired) electrons. The minimum Gasteiger partial charge on any atom is -0.496 e. The van der Waals surface area contributed by atoms with Crippen molar-refractivity contribution in [3.05, 3.63) is 64.7 Å². The summed E-state index contributed by atoms with van der Waals surface area (Å²) in [4.78, 5) is 25.5. The van der Waals surface area contributed by atoms with Crippen LogP contribution >= 0.6 is 0 Å². The van der Waals surface area contributed by atoms with Gasteiger partial charge in [0.05, 0.1) is 7.11 Å². The van der Waals surface area contributed by atoms with Crippen LogP contribution in [0.1, 0.15) is 47.3 Å². The Bertz CT molecular complexity index is 846. The number of methoxy groups -OCH3 is 1. The zero-order valence-electron chi connectivity index (χ0n) is 18.0. The number of carbonyl (C=O) groups excluding carboxylic acids is 2. The van der Waals surface area contributed by atoms with Gasteiger partial charge in [-0.3, -0.25) is 9.59 Å². The van der Waals surface area contributed by atoms with E-state index in [1.165, 1.54) is 0 Å². The number of aryl methyl sites for hydroxylation is 2. The fourth-order valence-electron chi connectivity index (χ4n) is 3.31. The number of nitrogens with one attached hydrogen (secondary N) is 2. The summed E-state index contributed by atoms with van der Waals surface area (Å²) in [5.41, 5.74) is 3.69. The normalized spacial score (nSPS) is 11.8. The van der Waals surface area contributed by atoms with Crippen molar-refractivity contribution in [3.8, 4) is 5.75 Å². The van der Waals surface area contributed by atoms with Gasteiger partial charge in [-0.15, -0.1) is 0 Å². The average Bonchev–Trinajstić information content (AvgIpc) is 2.67. The lowest BCUT2D eigenvalue weighted by atomic mass is 10.0. The molecule has 0 fully saturated rings. The summed E-state index contributed by atoms with van der Waals surface area (Å²) in [5, 5.41) is 5.88. The first kappa shape index (κ1) is 22.5. The Hall–Kier alpha value is -2.82. The second kappa shape index (κ2) is 10.6. The van der Waals surface area contributed by atoms with Gasteiger partial charge in [-0.2, -0.15) is 0 Å². The van der Waals surface area contributed by atoms with Crippen LogP contribution in [0.2, 0.25) is 0 Å². The third-order valence-corrected chi connectivity index (χ3v) is 4.85. The van der Waals surface area contributed by atoms with Crippen LogP contribution in [0.3, 0.4) is 0 Å². The standard InChI is InChI=1S/C24H32N2O3/c1-16(2)14-21(26-23(27)20-9-7-6-8-18(20)4)24(28)25-13-12-19-15-17(3)10-11-22(19)29-5/h6-11,15-16,21H,12-14H2,1-5H3,(H,25,28)(H,26,27). The van der Waals surface area contributed by atoms with Gasteiger partial charge in [0.2, 0.25) is 5.91 Å². The Morgan fingerprint density at radius 2 is 1.79 bits per heavy atom. The quantitative estimate of drug-likeness (QED) is 0.677. The van der Waals surface area contributed by atoms with Crippen molar-refractivity contribution in [2.75, 3.05) is 13.7 Å². The highest BCUT2D eigenvalue weighted by Crippen LogP contribution is 2.19. The van der Waals surface area contributed by atoms with Crippen LogP contribution in [0.4, 0.5) is 0 Å². The Morgan fingerprint density at radius 1 is 1.07 bits per heavy atom. The van der Waals surface area contributed by atoms with E-state index in [-0.39, 0.29) is 17.7 Å². The highest BCUT2D eigenvalue weighted by Gasteiger charge is 2.23. The van der Waals surface area contributed by atoms with Gasteiger partial charge in [0.25, 0.3) is 5.91 Å². The van der Waals surface area contributed by atoms with E-state index in [1.807, 2.05) is 58.0 Å². The van der Waals surface area contributed by atoms with Gasteiger partial charge >= 0.3 is 0 Å². The number of amides is 2. The van der Waals surface area contributed by atoms with Crippen LogP contribution in [0.25, 0.3) is 0 Å². The van der Waals surface area contributed by atoms with Gasteiger partial charge in [-0.05, 0) is 55.9 Å². The van der Waals surface area contributed by atoms with Gasteiger partial charge in [0.15, 0.2) is 0 Å². The van der Waals surface area contributed by atoms with E-state index < -0.39 is 6.04 Å². The van der Waals surface area contributed by atoms with E-state index >= 15 is 0 Å². The largest absolute Gasteiger partial charge is 0.496 e. The Labute approximate surface area is 173 Å². The third kappa shape index (κ3) is 6.63. The van der Waals surface area contributed by atoms with Crippen molar-refractivity contribution in [1.82, 2.24) is 10.6 Å². The predicted molar refractivity (Wildman–Crippen MR) is 116 cm³/mol. The Balaban J connectivity index is 2.01. The highest BCUT2D eigenvalue weighted by atomic mass is 16.5. The molecule has 0 aliphatic carbocycles. The van der Waals surface area contributed by atoms with Gasteiger partial charge in [0, 0.05) is 12.1 Å². The lowest BCUT2D eigenvalue weighted by molar-refractivity contribution is -0.123. The summed E-state index contributed by atoms with van der Waals surface area (Å²) in [6.07, 6.45) is 1.24. The number of rotatable bonds is 9. The molecule has 0 saturated heterocycles. The summed E-state index contributed by atoms with van der Waals surface area (Å²) in [6.45, 7) is 8.48. The molecule has 0 aliphatic heterocycles. The summed E-state index contributed by atoms with van der Waals surface area (Å²) in [6, 6.07) is 12.8. The minimum absolute atomic E-state index is 0.160. The fourth-order valence-corrected chi connectivity index (χ4v) is 3.31. The second-order valence-corrected chi connectivity index (χ2v) is 7.83. The molecule has 2 amide bonds. The molecule has 0 aromatic heterocycles. The maximum atomic E-state index is 12.8. The van der Waals surface area contributed by atoms with Crippen LogP contribution in [-0.2, 0) is 11.2 Å². The van der Waals surface area contributed by atoms with E-state index in [4.69, 9.17) is 4.74 Å². The van der Waals surface area contributed by atoms with E-state index in [0.29, 0.717) is 24.9 Å². The number of ether oxygens (including phenoxy) is 1. The van der Waals surface area contributed by atoms with Crippen LogP contribution < -0.4 is 15.4 Å². The summed E-state index contributed by atoms with van der Waals surface area (Å²) >= 11 is 0. The van der Waals surface area contributed by atoms with Crippen LogP contribution in [0, 0.1) is 19.8 Å². The summed E-state index contributed by atoms with van der Waals surface area (Å²) in [7, 11) is 1.65. The lowest BCUT2D eigenvalue weighted by Gasteiger charge is -2.21. The molecule has 0 heterocycles. The first-order valence-electron chi connectivity index (χ1n) is 10.1. The van der Waals surface area contributed by atoms with Gasteiger partial charge < -0.3 is 15.4 Å². The number of carbonyl (C=O) groups is 2. The topological polar surface area (TPSA) is 67.4 Å². The molecular formula is C24H32N2O3. The van der Waals surface area contributed by atoms with Crippen molar-refractivity contribution < 1.29 is 14.3 Å². The fraction of sp³-hybridized carbons (Fsp3) is 0.417. The third-order valence-electron chi connectivity index (χ3n) is 4.85. The van der Waals surface area contributed by atoms with Crippen LogP contribution in [-0.4, -0.2) is 31.5 Å². The lowest BCUT2D eigenvalue weighted by Crippen LogP contribution is -2.48. The molecule has 2 aromatic rings. The molecule has 1 atom stereocenters. The smallest absolute Gasteiger partial charge is 0.252 e. The van der Waals surface area contributed by atoms with Crippen molar-refractivity contribution in [2.24, 2.45) is 5.92 Å². The maximum Gasteiger partial charge on any atom is 0.252 e. The van der Waals surface area contributed by atoms with Gasteiger partial charge in [-0.1, -0.05) is 49.7 Å². The zero-order chi connectivity index (χ0) is 21.4. The molecule has 5 nitrogen and oxygen atoms in total. The molecular weight excluding hydrogens is 364 g/mol. The molecule has 0 saturated carbocycles. The highest BCUT2D eigenvalue weighted by molar-refractivity contribution is 5.98. The number of benzene rings is 2. The minimum atomic E-state index is -0.568. The van der Waals surface area contributed by atoms with Crippen molar-refractivity contribution >= 4 is 11.8 Å². The monoisotopic (exact) mass is 396 g/mol. The van der Waals surface area contributed by atoms with E-state index in [9.17, 15) is 9.59 Å². The summed E-state index contributed by atoms with van der Waals surface area (Å²) in [5.74, 6) is 0.715. The average molecular weight is 397 g/mol. The van der Waals surface area contributed by atoms with Gasteiger partial charge in [0.1, 0.15) is 11.8 Å². The molecule has 1 unspecified atom stereocenters. The maximum absolute atomic E-state index is 12.8. The first-order chi connectivity index (χ1) is 13.8. The van der Waals surface area contributed by atoms with Crippen molar-refractivity contribution in [2.45, 2.75) is 46.6 Å². The van der Waals surface area contributed by atoms with Crippen LogP contribution in [0.15, 0.2) is 42.5 Å². The Kier molecular flexibility index (Phi) is 8.25. The van der Waals surface area contributed by atoms with Gasteiger partial charge in [-0.25, -0.2) is 0 Å². The number of hydrogen-bond donors (Lipinski definition) is 2. The second-order valence-electron chi connectivity index (χ2n) is 7.83. The first-order valence-corrected chi connectivity index (χ1v) is 10.1.